The summed E-state index contributed by atoms with van der Waals surface area (Å²) in [7, 11) is 2.17. The standard InChI is InChI=1S/C16H34N2O/c1-6-11-17-13(2)16(3,4)12-18(5)14-9-7-8-10-15(14)19/h13-15,17,19H,6-12H2,1-5H3. The summed E-state index contributed by atoms with van der Waals surface area (Å²) in [6, 6.07) is 0.849. The van der Waals surface area contributed by atoms with Crippen LogP contribution in [0.4, 0.5) is 0 Å². The lowest BCUT2D eigenvalue weighted by Gasteiger charge is -2.42. The van der Waals surface area contributed by atoms with Gasteiger partial charge >= 0.3 is 0 Å². The number of hydrogen-bond donors (Lipinski definition) is 2. The molecule has 0 radical (unpaired) electrons. The van der Waals surface area contributed by atoms with Crippen LogP contribution in [0.1, 0.15) is 59.8 Å². The van der Waals surface area contributed by atoms with Gasteiger partial charge < -0.3 is 15.3 Å². The van der Waals surface area contributed by atoms with Gasteiger partial charge in [0.2, 0.25) is 0 Å². The third-order valence-electron chi connectivity index (χ3n) is 4.79. The highest BCUT2D eigenvalue weighted by Gasteiger charge is 2.32. The molecule has 0 saturated heterocycles. The molecule has 0 heterocycles. The lowest BCUT2D eigenvalue weighted by Crippen LogP contribution is -2.51. The van der Waals surface area contributed by atoms with E-state index in [0.717, 1.165) is 25.9 Å². The van der Waals surface area contributed by atoms with Crippen molar-refractivity contribution in [2.75, 3.05) is 20.1 Å². The summed E-state index contributed by atoms with van der Waals surface area (Å²) >= 11 is 0. The van der Waals surface area contributed by atoms with Gasteiger partial charge in [0, 0.05) is 18.6 Å². The van der Waals surface area contributed by atoms with Gasteiger partial charge in [-0.1, -0.05) is 33.6 Å². The van der Waals surface area contributed by atoms with Crippen molar-refractivity contribution < 1.29 is 5.11 Å². The van der Waals surface area contributed by atoms with Crippen LogP contribution < -0.4 is 5.32 Å². The second kappa shape index (κ2) is 7.61. The summed E-state index contributed by atoms with van der Waals surface area (Å²) in [6.07, 6.45) is 5.61. The number of rotatable bonds is 7. The van der Waals surface area contributed by atoms with Gasteiger partial charge in [-0.2, -0.15) is 0 Å². The van der Waals surface area contributed by atoms with Crippen molar-refractivity contribution >= 4 is 0 Å². The molecule has 1 fully saturated rings. The highest BCUT2D eigenvalue weighted by molar-refractivity contribution is 4.88. The van der Waals surface area contributed by atoms with E-state index in [1.165, 1.54) is 19.3 Å². The zero-order chi connectivity index (χ0) is 14.5. The van der Waals surface area contributed by atoms with E-state index in [-0.39, 0.29) is 11.5 Å². The molecule has 0 aromatic rings. The van der Waals surface area contributed by atoms with E-state index in [4.69, 9.17) is 0 Å². The number of aliphatic hydroxyl groups excluding tert-OH is 1. The number of likely N-dealkylation sites (N-methyl/N-ethyl adjacent to an activating group) is 1. The third kappa shape index (κ3) is 5.05. The molecular formula is C16H34N2O. The first kappa shape index (κ1) is 16.9. The van der Waals surface area contributed by atoms with Gasteiger partial charge in [0.15, 0.2) is 0 Å². The van der Waals surface area contributed by atoms with Crippen LogP contribution in [0.2, 0.25) is 0 Å². The molecule has 3 nitrogen and oxygen atoms in total. The van der Waals surface area contributed by atoms with Crippen LogP contribution >= 0.6 is 0 Å². The van der Waals surface area contributed by atoms with Gasteiger partial charge in [0.1, 0.15) is 0 Å². The lowest BCUT2D eigenvalue weighted by molar-refractivity contribution is 0.0123. The second-order valence-corrected chi connectivity index (χ2v) is 7.00. The largest absolute Gasteiger partial charge is 0.391 e. The van der Waals surface area contributed by atoms with Crippen molar-refractivity contribution in [1.29, 1.82) is 0 Å². The minimum Gasteiger partial charge on any atom is -0.391 e. The normalized spacial score (nSPS) is 26.7. The maximum Gasteiger partial charge on any atom is 0.0695 e. The molecule has 0 aromatic carbocycles. The lowest BCUT2D eigenvalue weighted by atomic mass is 9.83. The Kier molecular flexibility index (Phi) is 6.78. The van der Waals surface area contributed by atoms with Crippen LogP contribution in [0.3, 0.4) is 0 Å². The average Bonchev–Trinajstić information content (AvgIpc) is 2.35. The molecule has 0 spiro atoms. The van der Waals surface area contributed by atoms with E-state index in [1.807, 2.05) is 0 Å². The molecule has 3 atom stereocenters. The molecule has 0 aromatic heterocycles. The monoisotopic (exact) mass is 270 g/mol. The zero-order valence-electron chi connectivity index (χ0n) is 13.6. The maximum atomic E-state index is 10.2. The molecule has 0 aliphatic heterocycles. The molecule has 1 aliphatic carbocycles. The molecule has 3 unspecified atom stereocenters. The van der Waals surface area contributed by atoms with Gasteiger partial charge in [0.25, 0.3) is 0 Å². The Bertz CT molecular complexity index is 255. The Morgan fingerprint density at radius 2 is 1.95 bits per heavy atom. The Labute approximate surface area is 119 Å². The Hall–Kier alpha value is -0.120. The molecule has 19 heavy (non-hydrogen) atoms. The maximum absolute atomic E-state index is 10.2. The van der Waals surface area contributed by atoms with Gasteiger partial charge in [-0.05, 0) is 45.2 Å². The fourth-order valence-corrected chi connectivity index (χ4v) is 3.14. The van der Waals surface area contributed by atoms with E-state index >= 15 is 0 Å². The van der Waals surface area contributed by atoms with E-state index in [1.54, 1.807) is 0 Å². The van der Waals surface area contributed by atoms with Crippen LogP contribution in [-0.2, 0) is 0 Å². The van der Waals surface area contributed by atoms with E-state index < -0.39 is 0 Å². The number of hydrogen-bond acceptors (Lipinski definition) is 3. The molecule has 0 bridgehead atoms. The van der Waals surface area contributed by atoms with E-state index in [0.29, 0.717) is 12.1 Å². The Morgan fingerprint density at radius 3 is 2.53 bits per heavy atom. The van der Waals surface area contributed by atoms with Crippen LogP contribution in [0.25, 0.3) is 0 Å². The molecule has 114 valence electrons. The van der Waals surface area contributed by atoms with Gasteiger partial charge in [-0.15, -0.1) is 0 Å². The van der Waals surface area contributed by atoms with Crippen LogP contribution in [0, 0.1) is 5.41 Å². The quantitative estimate of drug-likeness (QED) is 0.746. The molecule has 1 rings (SSSR count). The van der Waals surface area contributed by atoms with Gasteiger partial charge in [-0.25, -0.2) is 0 Å². The number of nitrogens with zero attached hydrogens (tertiary/aromatic N) is 1. The first-order valence-corrected chi connectivity index (χ1v) is 8.00. The predicted octanol–water partition coefficient (Wildman–Crippen LogP) is 2.64. The fourth-order valence-electron chi connectivity index (χ4n) is 3.14. The molecule has 1 aliphatic rings. The molecule has 3 heteroatoms. The summed E-state index contributed by atoms with van der Waals surface area (Å²) in [5, 5.41) is 13.8. The Balaban J connectivity index is 2.50. The van der Waals surface area contributed by atoms with Crippen LogP contribution in [0.15, 0.2) is 0 Å². The SMILES string of the molecule is CCCNC(C)C(C)(C)CN(C)C1CCCCC1O. The highest BCUT2D eigenvalue weighted by atomic mass is 16.3. The van der Waals surface area contributed by atoms with Crippen LogP contribution in [-0.4, -0.2) is 48.3 Å². The first-order chi connectivity index (χ1) is 8.88. The average molecular weight is 270 g/mol. The topological polar surface area (TPSA) is 35.5 Å². The summed E-state index contributed by atoms with van der Waals surface area (Å²) < 4.78 is 0. The predicted molar refractivity (Wildman–Crippen MR) is 82.4 cm³/mol. The van der Waals surface area contributed by atoms with E-state index in [2.05, 4.69) is 45.0 Å². The number of aliphatic hydroxyl groups is 1. The summed E-state index contributed by atoms with van der Waals surface area (Å²) in [5.41, 5.74) is 0.223. The zero-order valence-corrected chi connectivity index (χ0v) is 13.6. The summed E-state index contributed by atoms with van der Waals surface area (Å²) in [4.78, 5) is 2.38. The minimum absolute atomic E-state index is 0.131. The fraction of sp³-hybridized carbons (Fsp3) is 1.00. The molecule has 1 saturated carbocycles. The van der Waals surface area contributed by atoms with E-state index in [9.17, 15) is 5.11 Å². The van der Waals surface area contributed by atoms with Gasteiger partial charge in [-0.3, -0.25) is 0 Å². The third-order valence-corrected chi connectivity index (χ3v) is 4.79. The van der Waals surface area contributed by atoms with Crippen molar-refractivity contribution in [2.24, 2.45) is 5.41 Å². The smallest absolute Gasteiger partial charge is 0.0695 e. The summed E-state index contributed by atoms with van der Waals surface area (Å²) in [5.74, 6) is 0. The second-order valence-electron chi connectivity index (χ2n) is 7.00. The number of nitrogens with one attached hydrogen (secondary N) is 1. The van der Waals surface area contributed by atoms with Crippen molar-refractivity contribution in [3.63, 3.8) is 0 Å². The highest BCUT2D eigenvalue weighted by Crippen LogP contribution is 2.27. The van der Waals surface area contributed by atoms with Gasteiger partial charge in [0.05, 0.1) is 6.10 Å². The summed E-state index contributed by atoms with van der Waals surface area (Å²) in [6.45, 7) is 11.3. The first-order valence-electron chi connectivity index (χ1n) is 8.00. The molecule has 2 N–H and O–H groups in total. The molecular weight excluding hydrogens is 236 g/mol. The van der Waals surface area contributed by atoms with Crippen molar-refractivity contribution in [3.8, 4) is 0 Å². The van der Waals surface area contributed by atoms with Crippen molar-refractivity contribution in [3.05, 3.63) is 0 Å². The van der Waals surface area contributed by atoms with Crippen molar-refractivity contribution in [1.82, 2.24) is 10.2 Å². The Morgan fingerprint density at radius 1 is 1.32 bits per heavy atom. The minimum atomic E-state index is -0.131. The molecule has 0 amide bonds. The van der Waals surface area contributed by atoms with Crippen LogP contribution in [0.5, 0.6) is 0 Å². The van der Waals surface area contributed by atoms with Crippen molar-refractivity contribution in [2.45, 2.75) is 78.0 Å².